The van der Waals surface area contributed by atoms with Crippen molar-refractivity contribution in [2.75, 3.05) is 26.2 Å². The lowest BCUT2D eigenvalue weighted by Crippen LogP contribution is -2.51. The Morgan fingerprint density at radius 1 is 0.958 bits per heavy atom. The summed E-state index contributed by atoms with van der Waals surface area (Å²) in [4.78, 5) is 17.4. The zero-order valence-corrected chi connectivity index (χ0v) is 15.3. The van der Waals surface area contributed by atoms with Gasteiger partial charge in [-0.05, 0) is 42.7 Å². The van der Waals surface area contributed by atoms with Crippen LogP contribution in [0.5, 0.6) is 0 Å². The molecule has 1 saturated carbocycles. The number of fused-ring (bicyclic) bond motifs is 1. The lowest BCUT2D eigenvalue weighted by atomic mass is 10.0. The van der Waals surface area contributed by atoms with Crippen molar-refractivity contribution in [1.82, 2.24) is 9.80 Å². The molecule has 4 rings (SSSR count). The third kappa shape index (κ3) is 3.78. The van der Waals surface area contributed by atoms with Crippen LogP contribution >= 0.6 is 12.4 Å². The SMILES string of the molecule is Cl.O=C(CC1Cc2ccccc2C1)N1CCN(C2CCCC2)CC1. The predicted octanol–water partition coefficient (Wildman–Crippen LogP) is 3.30. The van der Waals surface area contributed by atoms with Crippen LogP contribution in [0.3, 0.4) is 0 Å². The number of rotatable bonds is 3. The van der Waals surface area contributed by atoms with Gasteiger partial charge in [-0.3, -0.25) is 9.69 Å². The van der Waals surface area contributed by atoms with Gasteiger partial charge in [0.1, 0.15) is 0 Å². The number of amides is 1. The molecule has 132 valence electrons. The van der Waals surface area contributed by atoms with Crippen LogP contribution in [0.1, 0.15) is 43.2 Å². The normalized spacial score (nSPS) is 22.4. The van der Waals surface area contributed by atoms with E-state index in [2.05, 4.69) is 34.1 Å². The minimum atomic E-state index is 0. The van der Waals surface area contributed by atoms with Crippen molar-refractivity contribution in [2.45, 2.75) is 51.0 Å². The highest BCUT2D eigenvalue weighted by Crippen LogP contribution is 2.29. The summed E-state index contributed by atoms with van der Waals surface area (Å²) in [7, 11) is 0. The second-order valence-electron chi connectivity index (χ2n) is 7.60. The molecule has 1 heterocycles. The molecule has 1 aromatic carbocycles. The number of benzene rings is 1. The van der Waals surface area contributed by atoms with Crippen LogP contribution in [0, 0.1) is 5.92 Å². The van der Waals surface area contributed by atoms with E-state index in [0.717, 1.165) is 51.5 Å². The Labute approximate surface area is 151 Å². The highest BCUT2D eigenvalue weighted by Gasteiger charge is 2.30. The summed E-state index contributed by atoms with van der Waals surface area (Å²) in [6.45, 7) is 4.05. The van der Waals surface area contributed by atoms with Crippen LogP contribution in [-0.4, -0.2) is 47.9 Å². The first kappa shape index (κ1) is 17.8. The van der Waals surface area contributed by atoms with Gasteiger partial charge in [0.25, 0.3) is 0 Å². The summed E-state index contributed by atoms with van der Waals surface area (Å²) in [6, 6.07) is 9.48. The quantitative estimate of drug-likeness (QED) is 0.836. The first-order chi connectivity index (χ1) is 11.3. The molecule has 0 spiro atoms. The van der Waals surface area contributed by atoms with Gasteiger partial charge in [-0.25, -0.2) is 0 Å². The highest BCUT2D eigenvalue weighted by atomic mass is 35.5. The average molecular weight is 349 g/mol. The van der Waals surface area contributed by atoms with E-state index in [1.165, 1.54) is 36.8 Å². The molecule has 4 heteroatoms. The maximum atomic E-state index is 12.6. The Bertz CT molecular complexity index is 538. The monoisotopic (exact) mass is 348 g/mol. The summed E-state index contributed by atoms with van der Waals surface area (Å²) in [5.41, 5.74) is 2.91. The largest absolute Gasteiger partial charge is 0.340 e. The van der Waals surface area contributed by atoms with E-state index in [9.17, 15) is 4.79 Å². The summed E-state index contributed by atoms with van der Waals surface area (Å²) < 4.78 is 0. The van der Waals surface area contributed by atoms with Crippen LogP contribution in [-0.2, 0) is 17.6 Å². The molecular formula is C20H29ClN2O. The number of piperazine rings is 1. The average Bonchev–Trinajstić information content (AvgIpc) is 3.24. The van der Waals surface area contributed by atoms with Crippen molar-refractivity contribution < 1.29 is 4.79 Å². The number of hydrogen-bond donors (Lipinski definition) is 0. The molecule has 0 unspecified atom stereocenters. The minimum absolute atomic E-state index is 0. The molecule has 0 radical (unpaired) electrons. The summed E-state index contributed by atoms with van der Waals surface area (Å²) in [5, 5.41) is 0. The summed E-state index contributed by atoms with van der Waals surface area (Å²) in [5.74, 6) is 0.904. The van der Waals surface area contributed by atoms with Gasteiger partial charge in [0.05, 0.1) is 0 Å². The maximum absolute atomic E-state index is 12.6. The highest BCUT2D eigenvalue weighted by molar-refractivity contribution is 5.85. The van der Waals surface area contributed by atoms with Crippen LogP contribution in [0.15, 0.2) is 24.3 Å². The third-order valence-electron chi connectivity index (χ3n) is 6.11. The fraction of sp³-hybridized carbons (Fsp3) is 0.650. The smallest absolute Gasteiger partial charge is 0.222 e. The van der Waals surface area contributed by atoms with Crippen molar-refractivity contribution >= 4 is 18.3 Å². The van der Waals surface area contributed by atoms with E-state index in [1.807, 2.05) is 0 Å². The number of halogens is 1. The Hall–Kier alpha value is -1.06. The van der Waals surface area contributed by atoms with Gasteiger partial charge in [-0.2, -0.15) is 0 Å². The van der Waals surface area contributed by atoms with Crippen LogP contribution in [0.2, 0.25) is 0 Å². The fourth-order valence-corrected chi connectivity index (χ4v) is 4.78. The fourth-order valence-electron chi connectivity index (χ4n) is 4.78. The topological polar surface area (TPSA) is 23.6 Å². The van der Waals surface area contributed by atoms with Gasteiger partial charge in [-0.15, -0.1) is 12.4 Å². The molecule has 24 heavy (non-hydrogen) atoms. The van der Waals surface area contributed by atoms with Gasteiger partial charge in [0.15, 0.2) is 0 Å². The zero-order chi connectivity index (χ0) is 15.6. The molecule has 1 aliphatic heterocycles. The molecule has 1 amide bonds. The van der Waals surface area contributed by atoms with Crippen molar-refractivity contribution in [3.63, 3.8) is 0 Å². The molecule has 0 atom stereocenters. The van der Waals surface area contributed by atoms with Gasteiger partial charge in [0.2, 0.25) is 5.91 Å². The molecule has 0 aromatic heterocycles. The Balaban J connectivity index is 0.00000169. The molecule has 1 saturated heterocycles. The van der Waals surface area contributed by atoms with Gasteiger partial charge in [0, 0.05) is 38.6 Å². The second kappa shape index (κ2) is 7.88. The Morgan fingerprint density at radius 3 is 2.12 bits per heavy atom. The standard InChI is InChI=1S/C20H28N2O.ClH/c23-20(15-16-13-17-5-1-2-6-18(17)14-16)22-11-9-21(10-12-22)19-7-3-4-8-19;/h1-2,5-6,16,19H,3-4,7-15H2;1H. The maximum Gasteiger partial charge on any atom is 0.222 e. The first-order valence-corrected chi connectivity index (χ1v) is 9.38. The zero-order valence-electron chi connectivity index (χ0n) is 14.5. The Morgan fingerprint density at radius 2 is 1.54 bits per heavy atom. The molecule has 0 N–H and O–H groups in total. The molecule has 2 aliphatic carbocycles. The number of carbonyl (C=O) groups excluding carboxylic acids is 1. The molecule has 2 fully saturated rings. The predicted molar refractivity (Wildman–Crippen MR) is 99.6 cm³/mol. The first-order valence-electron chi connectivity index (χ1n) is 9.38. The minimum Gasteiger partial charge on any atom is -0.340 e. The molecule has 0 bridgehead atoms. The van der Waals surface area contributed by atoms with Crippen molar-refractivity contribution in [1.29, 1.82) is 0 Å². The van der Waals surface area contributed by atoms with E-state index in [4.69, 9.17) is 0 Å². The number of nitrogens with zero attached hydrogens (tertiary/aromatic N) is 2. The third-order valence-corrected chi connectivity index (χ3v) is 6.11. The van der Waals surface area contributed by atoms with Crippen LogP contribution in [0.25, 0.3) is 0 Å². The van der Waals surface area contributed by atoms with E-state index in [0.29, 0.717) is 11.8 Å². The van der Waals surface area contributed by atoms with Gasteiger partial charge < -0.3 is 4.90 Å². The number of carbonyl (C=O) groups is 1. The van der Waals surface area contributed by atoms with Crippen molar-refractivity contribution in [3.8, 4) is 0 Å². The Kier molecular flexibility index (Phi) is 5.83. The van der Waals surface area contributed by atoms with Gasteiger partial charge >= 0.3 is 0 Å². The lowest BCUT2D eigenvalue weighted by Gasteiger charge is -2.38. The van der Waals surface area contributed by atoms with Crippen LogP contribution in [0.4, 0.5) is 0 Å². The van der Waals surface area contributed by atoms with E-state index in [1.54, 1.807) is 0 Å². The van der Waals surface area contributed by atoms with E-state index in [-0.39, 0.29) is 12.4 Å². The molecule has 3 nitrogen and oxygen atoms in total. The summed E-state index contributed by atoms with van der Waals surface area (Å²) in [6.07, 6.45) is 8.44. The molecule has 1 aromatic rings. The van der Waals surface area contributed by atoms with Crippen LogP contribution < -0.4 is 0 Å². The second-order valence-corrected chi connectivity index (χ2v) is 7.60. The van der Waals surface area contributed by atoms with Crippen molar-refractivity contribution in [2.24, 2.45) is 5.92 Å². The van der Waals surface area contributed by atoms with Crippen molar-refractivity contribution in [3.05, 3.63) is 35.4 Å². The molecular weight excluding hydrogens is 320 g/mol. The molecule has 3 aliphatic rings. The van der Waals surface area contributed by atoms with E-state index >= 15 is 0 Å². The van der Waals surface area contributed by atoms with E-state index < -0.39 is 0 Å². The lowest BCUT2D eigenvalue weighted by molar-refractivity contribution is -0.134. The van der Waals surface area contributed by atoms with Gasteiger partial charge in [-0.1, -0.05) is 37.1 Å². The number of hydrogen-bond acceptors (Lipinski definition) is 2. The summed E-state index contributed by atoms with van der Waals surface area (Å²) >= 11 is 0.